The third-order valence-electron chi connectivity index (χ3n) is 4.98. The maximum absolute atomic E-state index is 12.2. The molecule has 0 saturated carbocycles. The number of urea groups is 1. The van der Waals surface area contributed by atoms with E-state index in [0.29, 0.717) is 0 Å². The van der Waals surface area contributed by atoms with Crippen molar-refractivity contribution in [1.82, 2.24) is 29.7 Å². The molecule has 1 saturated heterocycles. The summed E-state index contributed by atoms with van der Waals surface area (Å²) in [6, 6.07) is 4.22. The zero-order valence-corrected chi connectivity index (χ0v) is 15.4. The Balaban J connectivity index is 1.51. The van der Waals surface area contributed by atoms with Crippen LogP contribution < -0.4 is 5.32 Å². The summed E-state index contributed by atoms with van der Waals surface area (Å²) in [7, 11) is 0. The lowest BCUT2D eigenvalue weighted by Crippen LogP contribution is -2.53. The Morgan fingerprint density at radius 3 is 2.76 bits per heavy atom. The summed E-state index contributed by atoms with van der Waals surface area (Å²) in [4.78, 5) is 25.5. The van der Waals surface area contributed by atoms with Crippen molar-refractivity contribution in [2.75, 3.05) is 32.7 Å². The molecule has 1 N–H and O–H groups in total. The summed E-state index contributed by atoms with van der Waals surface area (Å²) in [5, 5.41) is 3.04. The van der Waals surface area contributed by atoms with E-state index in [0.717, 1.165) is 62.7 Å². The summed E-state index contributed by atoms with van der Waals surface area (Å²) >= 11 is 0. The number of hydrogen-bond donors (Lipinski definition) is 1. The van der Waals surface area contributed by atoms with Gasteiger partial charge in [-0.1, -0.05) is 6.92 Å². The van der Waals surface area contributed by atoms with Crippen LogP contribution in [0.1, 0.15) is 26.1 Å². The summed E-state index contributed by atoms with van der Waals surface area (Å²) < 4.78 is 2.18. The molecule has 0 bridgehead atoms. The van der Waals surface area contributed by atoms with E-state index in [1.165, 1.54) is 0 Å². The molecule has 1 fully saturated rings. The van der Waals surface area contributed by atoms with Crippen molar-refractivity contribution in [1.29, 1.82) is 0 Å². The predicted molar refractivity (Wildman–Crippen MR) is 98.6 cm³/mol. The molecule has 2 aromatic rings. The number of carbonyl (C=O) groups is 1. The largest absolute Gasteiger partial charge is 0.336 e. The second-order valence-electron chi connectivity index (χ2n) is 6.74. The first kappa shape index (κ1) is 17.7. The molecule has 25 heavy (non-hydrogen) atoms. The number of hydrogen-bond acceptors (Lipinski definition) is 4. The number of aromatic nitrogens is 3. The number of aryl methyl sites for hydroxylation is 1. The van der Waals surface area contributed by atoms with Crippen LogP contribution in [0.25, 0.3) is 11.2 Å². The van der Waals surface area contributed by atoms with Gasteiger partial charge in [-0.2, -0.15) is 0 Å². The third kappa shape index (κ3) is 4.10. The Bertz CT molecular complexity index is 719. The number of amides is 2. The van der Waals surface area contributed by atoms with E-state index >= 15 is 0 Å². The van der Waals surface area contributed by atoms with Crippen LogP contribution in [0.5, 0.6) is 0 Å². The molecule has 0 aromatic carbocycles. The highest BCUT2D eigenvalue weighted by Gasteiger charge is 2.21. The number of carbonyl (C=O) groups excluding carboxylic acids is 1. The summed E-state index contributed by atoms with van der Waals surface area (Å²) in [6.45, 7) is 11.4. The molecule has 3 rings (SSSR count). The standard InChI is InChI=1S/C18H28N6O/c1-4-14(2)20-18(25)23-11-8-22(9-12-23)10-13-24-15(3)21-16-6-5-7-19-17(16)24/h5-7,14H,4,8-13H2,1-3H3,(H,20,25)/t14-/m0/s1. The minimum Gasteiger partial charge on any atom is -0.336 e. The molecule has 1 aliphatic rings. The Kier molecular flexibility index (Phi) is 5.53. The molecule has 0 aliphatic carbocycles. The monoisotopic (exact) mass is 344 g/mol. The van der Waals surface area contributed by atoms with E-state index in [9.17, 15) is 4.79 Å². The van der Waals surface area contributed by atoms with Crippen LogP contribution in [0.3, 0.4) is 0 Å². The number of imidazole rings is 1. The lowest BCUT2D eigenvalue weighted by molar-refractivity contribution is 0.135. The van der Waals surface area contributed by atoms with Gasteiger partial charge in [-0.3, -0.25) is 4.90 Å². The van der Waals surface area contributed by atoms with Gasteiger partial charge in [-0.05, 0) is 32.4 Å². The molecular formula is C18H28N6O. The zero-order chi connectivity index (χ0) is 17.8. The van der Waals surface area contributed by atoms with E-state index < -0.39 is 0 Å². The van der Waals surface area contributed by atoms with E-state index in [1.54, 1.807) is 0 Å². The molecular weight excluding hydrogens is 316 g/mol. The highest BCUT2D eigenvalue weighted by molar-refractivity contribution is 5.74. The van der Waals surface area contributed by atoms with Crippen molar-refractivity contribution in [2.45, 2.75) is 39.8 Å². The van der Waals surface area contributed by atoms with Gasteiger partial charge in [0, 0.05) is 51.5 Å². The van der Waals surface area contributed by atoms with Gasteiger partial charge in [0.05, 0.1) is 0 Å². The Morgan fingerprint density at radius 1 is 1.28 bits per heavy atom. The van der Waals surface area contributed by atoms with Crippen LogP contribution >= 0.6 is 0 Å². The van der Waals surface area contributed by atoms with Crippen molar-refractivity contribution in [3.8, 4) is 0 Å². The number of pyridine rings is 1. The molecule has 0 radical (unpaired) electrons. The van der Waals surface area contributed by atoms with Gasteiger partial charge < -0.3 is 14.8 Å². The number of nitrogens with one attached hydrogen (secondary N) is 1. The average Bonchev–Trinajstić information content (AvgIpc) is 2.95. The van der Waals surface area contributed by atoms with Crippen LogP contribution in [0.15, 0.2) is 18.3 Å². The van der Waals surface area contributed by atoms with Crippen LogP contribution in [0, 0.1) is 6.92 Å². The fourth-order valence-electron chi connectivity index (χ4n) is 3.16. The van der Waals surface area contributed by atoms with Crippen molar-refractivity contribution in [2.24, 2.45) is 0 Å². The van der Waals surface area contributed by atoms with Crippen molar-refractivity contribution in [3.63, 3.8) is 0 Å². The number of nitrogens with zero attached hydrogens (tertiary/aromatic N) is 5. The van der Waals surface area contributed by atoms with E-state index in [-0.39, 0.29) is 12.1 Å². The molecule has 0 unspecified atom stereocenters. The summed E-state index contributed by atoms with van der Waals surface area (Å²) in [6.07, 6.45) is 2.77. The Labute approximate surface area is 149 Å². The summed E-state index contributed by atoms with van der Waals surface area (Å²) in [5.74, 6) is 1.00. The van der Waals surface area contributed by atoms with E-state index in [4.69, 9.17) is 0 Å². The molecule has 7 heteroatoms. The molecule has 3 heterocycles. The van der Waals surface area contributed by atoms with Gasteiger partial charge in [-0.25, -0.2) is 14.8 Å². The van der Waals surface area contributed by atoms with Gasteiger partial charge in [0.15, 0.2) is 5.65 Å². The lowest BCUT2D eigenvalue weighted by Gasteiger charge is -2.35. The first-order valence-corrected chi connectivity index (χ1v) is 9.14. The SMILES string of the molecule is CC[C@H](C)NC(=O)N1CCN(CCn2c(C)nc3cccnc32)CC1. The molecule has 136 valence electrons. The highest BCUT2D eigenvalue weighted by atomic mass is 16.2. The van der Waals surface area contributed by atoms with Crippen LogP contribution in [0.2, 0.25) is 0 Å². The van der Waals surface area contributed by atoms with E-state index in [2.05, 4.69) is 31.7 Å². The number of piperazine rings is 1. The van der Waals surface area contributed by atoms with Gasteiger partial charge in [-0.15, -0.1) is 0 Å². The number of fused-ring (bicyclic) bond motifs is 1. The smallest absolute Gasteiger partial charge is 0.317 e. The van der Waals surface area contributed by atoms with Crippen molar-refractivity contribution >= 4 is 17.2 Å². The first-order valence-electron chi connectivity index (χ1n) is 9.14. The lowest BCUT2D eigenvalue weighted by atomic mass is 10.2. The maximum Gasteiger partial charge on any atom is 0.317 e. The van der Waals surface area contributed by atoms with Crippen molar-refractivity contribution in [3.05, 3.63) is 24.2 Å². The van der Waals surface area contributed by atoms with Gasteiger partial charge >= 0.3 is 6.03 Å². The molecule has 1 aliphatic heterocycles. The highest BCUT2D eigenvalue weighted by Crippen LogP contribution is 2.13. The Morgan fingerprint density at radius 2 is 2.04 bits per heavy atom. The van der Waals surface area contributed by atoms with E-state index in [1.807, 2.05) is 37.1 Å². The maximum atomic E-state index is 12.2. The Hall–Kier alpha value is -2.15. The third-order valence-corrected chi connectivity index (χ3v) is 4.98. The topological polar surface area (TPSA) is 66.3 Å². The van der Waals surface area contributed by atoms with Crippen molar-refractivity contribution < 1.29 is 4.79 Å². The minimum atomic E-state index is 0.0645. The fraction of sp³-hybridized carbons (Fsp3) is 0.611. The minimum absolute atomic E-state index is 0.0645. The second kappa shape index (κ2) is 7.82. The normalized spacial score (nSPS) is 17.0. The molecule has 7 nitrogen and oxygen atoms in total. The van der Waals surface area contributed by atoms with Gasteiger partial charge in [0.2, 0.25) is 0 Å². The molecule has 2 aromatic heterocycles. The second-order valence-corrected chi connectivity index (χ2v) is 6.74. The van der Waals surface area contributed by atoms with Crippen LogP contribution in [-0.4, -0.2) is 69.1 Å². The predicted octanol–water partition coefficient (Wildman–Crippen LogP) is 1.87. The van der Waals surface area contributed by atoms with Crippen LogP contribution in [0.4, 0.5) is 4.79 Å². The first-order chi connectivity index (χ1) is 12.1. The van der Waals surface area contributed by atoms with Gasteiger partial charge in [0.25, 0.3) is 0 Å². The van der Waals surface area contributed by atoms with Gasteiger partial charge in [0.1, 0.15) is 11.3 Å². The summed E-state index contributed by atoms with van der Waals surface area (Å²) in [5.41, 5.74) is 1.90. The average molecular weight is 344 g/mol. The fourth-order valence-corrected chi connectivity index (χ4v) is 3.16. The molecule has 1 atom stereocenters. The van der Waals surface area contributed by atoms with Crippen LogP contribution in [-0.2, 0) is 6.54 Å². The molecule has 2 amide bonds. The quantitative estimate of drug-likeness (QED) is 0.899. The zero-order valence-electron chi connectivity index (χ0n) is 15.4. The number of rotatable bonds is 5. The molecule has 0 spiro atoms.